The summed E-state index contributed by atoms with van der Waals surface area (Å²) in [4.78, 5) is 32.2. The molecule has 10 heteroatoms. The first kappa shape index (κ1) is 27.0. The molecule has 4 heterocycles. The lowest BCUT2D eigenvalue weighted by molar-refractivity contribution is -0.131. The van der Waals surface area contributed by atoms with Gasteiger partial charge in [0, 0.05) is 76.5 Å². The van der Waals surface area contributed by atoms with Crippen molar-refractivity contribution in [1.82, 2.24) is 18.9 Å². The number of likely N-dealkylation sites (tertiary alicyclic amines) is 2. The fraction of sp³-hybridized carbons (Fsp3) is 0.636. The Morgan fingerprint density at radius 3 is 1.31 bits per heavy atom. The summed E-state index contributed by atoms with van der Waals surface area (Å²) in [7, 11) is 0. The van der Waals surface area contributed by atoms with Crippen LogP contribution in [0.3, 0.4) is 0 Å². The monoisotopic (exact) mass is 518 g/mol. The van der Waals surface area contributed by atoms with E-state index < -0.39 is 0 Å². The number of nitrogens with zero attached hydrogens (tertiary/aromatic N) is 4. The minimum atomic E-state index is 0. The number of halogens is 2. The Morgan fingerprint density at radius 1 is 0.688 bits per heavy atom. The van der Waals surface area contributed by atoms with Crippen molar-refractivity contribution in [1.29, 1.82) is 0 Å². The van der Waals surface area contributed by atoms with Crippen molar-refractivity contribution in [3.05, 3.63) is 21.1 Å². The predicted molar refractivity (Wildman–Crippen MR) is 123 cm³/mol. The van der Waals surface area contributed by atoms with E-state index in [1.54, 1.807) is 22.7 Å². The first-order valence-electron chi connectivity index (χ1n) is 10.9. The van der Waals surface area contributed by atoms with Crippen LogP contribution in [0.15, 0.2) is 0 Å². The van der Waals surface area contributed by atoms with Crippen LogP contribution in [-0.4, -0.2) is 56.9 Å². The number of hydrogen-bond acceptors (Lipinski definition) is 4. The molecule has 0 saturated carbocycles. The molecule has 0 spiro atoms. The molecule has 2 aliphatic rings. The molecule has 2 aliphatic heterocycles. The highest BCUT2D eigenvalue weighted by Crippen LogP contribution is 2.37. The third-order valence-electron chi connectivity index (χ3n) is 6.51. The first-order chi connectivity index (χ1) is 14.4. The zero-order valence-corrected chi connectivity index (χ0v) is 22.4. The molecular formula is C22H32Cl2N4O2S2. The van der Waals surface area contributed by atoms with Crippen LogP contribution in [0.2, 0.25) is 0 Å². The number of carbonyl (C=O) groups is 2. The number of rotatable bonds is 5. The predicted octanol–water partition coefficient (Wildman–Crippen LogP) is -1.87. The third-order valence-corrected chi connectivity index (χ3v) is 9.05. The standard InChI is InChI=1S/C22H32N4O2S2.2ClH/c1-15-17(3)29-21(25(15)13-19(27)23-9-5-6-10-23)22-26(16(2)18(4)30-22)14-20(28)24-11-7-8-12-24;;/h5-14H2,1-4H3;2*1H/q+2;;/p-2. The lowest BCUT2D eigenvalue weighted by atomic mass is 10.3. The topological polar surface area (TPSA) is 50.5 Å². The second kappa shape index (κ2) is 11.3. The van der Waals surface area contributed by atoms with Crippen LogP contribution in [0.5, 0.6) is 0 Å². The minimum Gasteiger partial charge on any atom is -1.00 e. The van der Waals surface area contributed by atoms with Gasteiger partial charge in [0.2, 0.25) is 11.8 Å². The summed E-state index contributed by atoms with van der Waals surface area (Å²) in [5, 5.41) is 2.18. The van der Waals surface area contributed by atoms with Gasteiger partial charge in [-0.1, -0.05) is 0 Å². The van der Waals surface area contributed by atoms with Crippen molar-refractivity contribution in [3.63, 3.8) is 0 Å². The van der Waals surface area contributed by atoms with E-state index in [-0.39, 0.29) is 36.6 Å². The second-order valence-electron chi connectivity index (χ2n) is 8.45. The average molecular weight is 520 g/mol. The molecule has 178 valence electrons. The summed E-state index contributed by atoms with van der Waals surface area (Å²) in [6.07, 6.45) is 4.42. The Balaban J connectivity index is 0.00000181. The zero-order valence-electron chi connectivity index (χ0n) is 19.2. The van der Waals surface area contributed by atoms with Crippen molar-refractivity contribution in [2.45, 2.75) is 66.5 Å². The van der Waals surface area contributed by atoms with Gasteiger partial charge in [-0.2, -0.15) is 9.13 Å². The van der Waals surface area contributed by atoms with Crippen LogP contribution in [0.25, 0.3) is 10.0 Å². The quantitative estimate of drug-likeness (QED) is 0.435. The number of amides is 2. The van der Waals surface area contributed by atoms with E-state index in [1.165, 1.54) is 9.75 Å². The van der Waals surface area contributed by atoms with Crippen LogP contribution in [0.1, 0.15) is 46.8 Å². The van der Waals surface area contributed by atoms with Gasteiger partial charge < -0.3 is 34.6 Å². The molecule has 32 heavy (non-hydrogen) atoms. The molecule has 2 fully saturated rings. The summed E-state index contributed by atoms with van der Waals surface area (Å²) in [6.45, 7) is 12.7. The van der Waals surface area contributed by atoms with Crippen molar-refractivity contribution in [3.8, 4) is 10.0 Å². The van der Waals surface area contributed by atoms with Gasteiger partial charge >= 0.3 is 0 Å². The van der Waals surface area contributed by atoms with E-state index in [2.05, 4.69) is 36.8 Å². The van der Waals surface area contributed by atoms with Crippen LogP contribution in [0, 0.1) is 27.7 Å². The largest absolute Gasteiger partial charge is 1.00 e. The average Bonchev–Trinajstić information content (AvgIpc) is 3.51. The smallest absolute Gasteiger partial charge is 0.295 e. The number of thiazole rings is 2. The van der Waals surface area contributed by atoms with E-state index in [0.29, 0.717) is 13.1 Å². The summed E-state index contributed by atoms with van der Waals surface area (Å²) in [5.41, 5.74) is 2.28. The maximum Gasteiger partial charge on any atom is 0.295 e. The molecule has 0 radical (unpaired) electrons. The molecule has 2 amide bonds. The molecule has 0 atom stereocenters. The number of carbonyl (C=O) groups excluding carboxylic acids is 2. The molecule has 2 saturated heterocycles. The van der Waals surface area contributed by atoms with Gasteiger partial charge in [-0.25, -0.2) is 0 Å². The lowest BCUT2D eigenvalue weighted by Gasteiger charge is -2.15. The third kappa shape index (κ3) is 5.29. The molecule has 2 aromatic rings. The van der Waals surface area contributed by atoms with Crippen LogP contribution in [-0.2, 0) is 22.7 Å². The van der Waals surface area contributed by atoms with Crippen molar-refractivity contribution in [2.24, 2.45) is 0 Å². The van der Waals surface area contributed by atoms with E-state index in [1.807, 2.05) is 9.80 Å². The van der Waals surface area contributed by atoms with Crippen molar-refractivity contribution in [2.75, 3.05) is 26.2 Å². The number of aromatic nitrogens is 2. The Morgan fingerprint density at radius 2 is 1.00 bits per heavy atom. The van der Waals surface area contributed by atoms with Gasteiger partial charge in [0.15, 0.2) is 21.1 Å². The van der Waals surface area contributed by atoms with Gasteiger partial charge in [0.05, 0.1) is 0 Å². The van der Waals surface area contributed by atoms with Gasteiger partial charge in [-0.15, -0.1) is 0 Å². The maximum absolute atomic E-state index is 12.9. The van der Waals surface area contributed by atoms with Crippen molar-refractivity contribution >= 4 is 34.5 Å². The molecule has 0 N–H and O–H groups in total. The Hall–Kier alpha value is -1.22. The lowest BCUT2D eigenvalue weighted by Crippen LogP contribution is -3.00. The summed E-state index contributed by atoms with van der Waals surface area (Å²) < 4.78 is 4.34. The highest BCUT2D eigenvalue weighted by molar-refractivity contribution is 7.21. The van der Waals surface area contributed by atoms with Crippen LogP contribution < -0.4 is 24.8 Å². The van der Waals surface area contributed by atoms with Gasteiger partial charge in [-0.05, 0) is 25.7 Å². The molecule has 2 aromatic heterocycles. The van der Waals surface area contributed by atoms with E-state index in [4.69, 9.17) is 0 Å². The highest BCUT2D eigenvalue weighted by Gasteiger charge is 2.35. The molecule has 0 unspecified atom stereocenters. The van der Waals surface area contributed by atoms with Gasteiger partial charge in [-0.3, -0.25) is 9.59 Å². The van der Waals surface area contributed by atoms with Crippen molar-refractivity contribution < 1.29 is 34.4 Å². The number of aryl methyl sites for hydroxylation is 2. The second-order valence-corrected chi connectivity index (χ2v) is 10.9. The Kier molecular flexibility index (Phi) is 9.52. The van der Waals surface area contributed by atoms with E-state index in [9.17, 15) is 9.59 Å². The summed E-state index contributed by atoms with van der Waals surface area (Å²) in [6, 6.07) is 0. The molecular weight excluding hydrogens is 487 g/mol. The summed E-state index contributed by atoms with van der Waals surface area (Å²) >= 11 is 3.46. The first-order valence-corrected chi connectivity index (χ1v) is 12.6. The number of hydrogen-bond donors (Lipinski definition) is 0. The molecule has 0 aliphatic carbocycles. The fourth-order valence-electron chi connectivity index (χ4n) is 4.34. The van der Waals surface area contributed by atoms with E-state index >= 15 is 0 Å². The van der Waals surface area contributed by atoms with Crippen LogP contribution in [0.4, 0.5) is 0 Å². The Labute approximate surface area is 211 Å². The summed E-state index contributed by atoms with van der Waals surface area (Å²) in [5.74, 6) is 0.397. The fourth-order valence-corrected chi connectivity index (χ4v) is 6.70. The zero-order chi connectivity index (χ0) is 21.4. The molecule has 0 aromatic carbocycles. The normalized spacial score (nSPS) is 15.6. The van der Waals surface area contributed by atoms with Gasteiger partial charge in [0.25, 0.3) is 10.0 Å². The molecule has 0 bridgehead atoms. The maximum atomic E-state index is 12.9. The van der Waals surface area contributed by atoms with Gasteiger partial charge in [0.1, 0.15) is 13.1 Å². The highest BCUT2D eigenvalue weighted by atomic mass is 35.5. The van der Waals surface area contributed by atoms with E-state index in [0.717, 1.165) is 73.3 Å². The SMILES string of the molecule is Cc1s[c+](-[c+]2sc(C)c(C)n2CC(=O)N2CCCC2)n(CC(=O)N2CCCC2)c1C.[Cl-].[Cl-]. The molecule has 4 rings (SSSR count). The minimum absolute atomic E-state index is 0. The molecule has 6 nitrogen and oxygen atoms in total. The Bertz CT molecular complexity index is 899. The van der Waals surface area contributed by atoms with Crippen LogP contribution >= 0.6 is 22.7 Å².